The predicted octanol–water partition coefficient (Wildman–Crippen LogP) is 3.46. The van der Waals surface area contributed by atoms with E-state index in [9.17, 15) is 9.18 Å². The van der Waals surface area contributed by atoms with Crippen LogP contribution in [-0.2, 0) is 11.3 Å². The van der Waals surface area contributed by atoms with Gasteiger partial charge in [-0.25, -0.2) is 4.39 Å². The Kier molecular flexibility index (Phi) is 6.57. The Hall–Kier alpha value is -2.96. The monoisotopic (exact) mass is 388 g/mol. The molecule has 0 unspecified atom stereocenters. The van der Waals surface area contributed by atoms with Gasteiger partial charge < -0.3 is 24.4 Å². The molecule has 0 aromatic heterocycles. The molecular formula is C21H25FN2O4. The Morgan fingerprint density at radius 2 is 1.79 bits per heavy atom. The van der Waals surface area contributed by atoms with E-state index in [0.29, 0.717) is 29.5 Å². The number of hydrogen-bond acceptors (Lipinski definition) is 5. The first-order valence-corrected chi connectivity index (χ1v) is 9.25. The van der Waals surface area contributed by atoms with Gasteiger partial charge in [0.2, 0.25) is 0 Å². The molecule has 2 aromatic rings. The minimum Gasteiger partial charge on any atom is -0.494 e. The van der Waals surface area contributed by atoms with E-state index in [1.807, 2.05) is 17.0 Å². The van der Waals surface area contributed by atoms with E-state index >= 15 is 0 Å². The van der Waals surface area contributed by atoms with Crippen LogP contribution < -0.4 is 19.5 Å². The first-order chi connectivity index (χ1) is 13.6. The molecule has 28 heavy (non-hydrogen) atoms. The average Bonchev–Trinajstić information content (AvgIpc) is 3.26. The van der Waals surface area contributed by atoms with Crippen molar-refractivity contribution in [2.45, 2.75) is 19.4 Å². The van der Waals surface area contributed by atoms with Crippen molar-refractivity contribution in [2.24, 2.45) is 0 Å². The van der Waals surface area contributed by atoms with Crippen molar-refractivity contribution in [2.75, 3.05) is 39.2 Å². The van der Waals surface area contributed by atoms with Crippen molar-refractivity contribution in [1.82, 2.24) is 4.90 Å². The zero-order chi connectivity index (χ0) is 19.9. The number of amides is 1. The normalized spacial score (nSPS) is 13.3. The molecule has 150 valence electrons. The van der Waals surface area contributed by atoms with E-state index in [-0.39, 0.29) is 18.3 Å². The SMILES string of the molecule is COc1cc(F)ccc1NCc1ccc(OCC(=O)N2CCCC2)c(OC)c1. The molecule has 7 heteroatoms. The summed E-state index contributed by atoms with van der Waals surface area (Å²) in [4.78, 5) is 14.0. The molecule has 0 atom stereocenters. The zero-order valence-corrected chi connectivity index (χ0v) is 16.2. The summed E-state index contributed by atoms with van der Waals surface area (Å²) in [6.07, 6.45) is 2.10. The molecule has 3 rings (SSSR count). The molecule has 0 bridgehead atoms. The van der Waals surface area contributed by atoms with Gasteiger partial charge >= 0.3 is 0 Å². The molecule has 1 amide bonds. The van der Waals surface area contributed by atoms with E-state index in [4.69, 9.17) is 14.2 Å². The summed E-state index contributed by atoms with van der Waals surface area (Å²) >= 11 is 0. The van der Waals surface area contributed by atoms with Gasteiger partial charge in [0.25, 0.3) is 5.91 Å². The van der Waals surface area contributed by atoms with Gasteiger partial charge in [-0.05, 0) is 42.7 Å². The zero-order valence-electron chi connectivity index (χ0n) is 16.2. The Bertz CT molecular complexity index is 822. The number of anilines is 1. The second-order valence-electron chi connectivity index (χ2n) is 6.56. The van der Waals surface area contributed by atoms with Crippen molar-refractivity contribution in [3.63, 3.8) is 0 Å². The number of ether oxygens (including phenoxy) is 3. The van der Waals surface area contributed by atoms with Crippen LogP contribution in [0, 0.1) is 5.82 Å². The summed E-state index contributed by atoms with van der Waals surface area (Å²) in [6, 6.07) is 9.86. The summed E-state index contributed by atoms with van der Waals surface area (Å²) < 4.78 is 29.6. The highest BCUT2D eigenvalue weighted by Gasteiger charge is 2.19. The number of benzene rings is 2. The van der Waals surface area contributed by atoms with Crippen LogP contribution >= 0.6 is 0 Å². The Morgan fingerprint density at radius 3 is 2.50 bits per heavy atom. The number of nitrogens with zero attached hydrogens (tertiary/aromatic N) is 1. The molecule has 1 saturated heterocycles. The number of methoxy groups -OCH3 is 2. The lowest BCUT2D eigenvalue weighted by atomic mass is 10.2. The standard InChI is InChI=1S/C21H25FN2O4/c1-26-19-12-16(22)6-7-17(19)23-13-15-5-8-18(20(11-15)27-2)28-14-21(25)24-9-3-4-10-24/h5-8,11-12,23H,3-4,9-10,13-14H2,1-2H3. The van der Waals surface area contributed by atoms with Crippen molar-refractivity contribution in [3.8, 4) is 17.2 Å². The second kappa shape index (κ2) is 9.30. The van der Waals surface area contributed by atoms with Crippen LogP contribution in [0.15, 0.2) is 36.4 Å². The average molecular weight is 388 g/mol. The first-order valence-electron chi connectivity index (χ1n) is 9.25. The number of hydrogen-bond donors (Lipinski definition) is 1. The third-order valence-corrected chi connectivity index (χ3v) is 4.68. The molecule has 0 spiro atoms. The number of carbonyl (C=O) groups excluding carboxylic acids is 1. The highest BCUT2D eigenvalue weighted by Crippen LogP contribution is 2.30. The lowest BCUT2D eigenvalue weighted by molar-refractivity contribution is -0.132. The number of nitrogens with one attached hydrogen (secondary N) is 1. The van der Waals surface area contributed by atoms with Crippen LogP contribution in [-0.4, -0.2) is 44.7 Å². The molecule has 2 aromatic carbocycles. The number of likely N-dealkylation sites (tertiary alicyclic amines) is 1. The smallest absolute Gasteiger partial charge is 0.260 e. The van der Waals surface area contributed by atoms with Gasteiger partial charge in [0.15, 0.2) is 18.1 Å². The summed E-state index contributed by atoms with van der Waals surface area (Å²) in [7, 11) is 3.06. The van der Waals surface area contributed by atoms with Gasteiger partial charge in [0.1, 0.15) is 11.6 Å². The molecular weight excluding hydrogens is 363 g/mol. The third kappa shape index (κ3) is 4.85. The van der Waals surface area contributed by atoms with Gasteiger partial charge in [-0.3, -0.25) is 4.79 Å². The summed E-state index contributed by atoms with van der Waals surface area (Å²) in [5.41, 5.74) is 1.64. The van der Waals surface area contributed by atoms with E-state index < -0.39 is 0 Å². The number of rotatable bonds is 8. The van der Waals surface area contributed by atoms with E-state index in [0.717, 1.165) is 31.5 Å². The second-order valence-corrected chi connectivity index (χ2v) is 6.56. The lowest BCUT2D eigenvalue weighted by Crippen LogP contribution is -2.32. The maximum absolute atomic E-state index is 13.3. The van der Waals surface area contributed by atoms with Gasteiger partial charge in [0.05, 0.1) is 19.9 Å². The predicted molar refractivity (Wildman–Crippen MR) is 105 cm³/mol. The maximum atomic E-state index is 13.3. The molecule has 1 aliphatic heterocycles. The van der Waals surface area contributed by atoms with Crippen molar-refractivity contribution in [3.05, 3.63) is 47.8 Å². The largest absolute Gasteiger partial charge is 0.494 e. The maximum Gasteiger partial charge on any atom is 0.260 e. The minimum absolute atomic E-state index is 0.000729. The topological polar surface area (TPSA) is 60.0 Å². The Balaban J connectivity index is 1.61. The van der Waals surface area contributed by atoms with E-state index in [1.165, 1.54) is 19.2 Å². The van der Waals surface area contributed by atoms with Crippen LogP contribution in [0.25, 0.3) is 0 Å². The Labute approximate surface area is 164 Å². The molecule has 0 radical (unpaired) electrons. The van der Waals surface area contributed by atoms with Crippen molar-refractivity contribution in [1.29, 1.82) is 0 Å². The van der Waals surface area contributed by atoms with Gasteiger partial charge in [-0.2, -0.15) is 0 Å². The van der Waals surface area contributed by atoms with Crippen LogP contribution in [0.1, 0.15) is 18.4 Å². The quantitative estimate of drug-likeness (QED) is 0.751. The molecule has 1 fully saturated rings. The fourth-order valence-electron chi connectivity index (χ4n) is 3.15. The van der Waals surface area contributed by atoms with Crippen molar-refractivity contribution >= 4 is 11.6 Å². The third-order valence-electron chi connectivity index (χ3n) is 4.68. The molecule has 1 N–H and O–H groups in total. The first kappa shape index (κ1) is 19.8. The Morgan fingerprint density at radius 1 is 1.04 bits per heavy atom. The fraction of sp³-hybridized carbons (Fsp3) is 0.381. The number of carbonyl (C=O) groups is 1. The van der Waals surface area contributed by atoms with Crippen LogP contribution in [0.2, 0.25) is 0 Å². The van der Waals surface area contributed by atoms with Crippen LogP contribution in [0.5, 0.6) is 17.2 Å². The summed E-state index contributed by atoms with van der Waals surface area (Å²) in [5, 5.41) is 3.22. The molecule has 0 aliphatic carbocycles. The highest BCUT2D eigenvalue weighted by molar-refractivity contribution is 5.78. The lowest BCUT2D eigenvalue weighted by Gasteiger charge is -2.17. The minimum atomic E-state index is -0.353. The summed E-state index contributed by atoms with van der Waals surface area (Å²) in [5.74, 6) is 1.16. The molecule has 1 heterocycles. The van der Waals surface area contributed by atoms with E-state index in [2.05, 4.69) is 5.32 Å². The summed E-state index contributed by atoms with van der Waals surface area (Å²) in [6.45, 7) is 2.10. The molecule has 0 saturated carbocycles. The van der Waals surface area contributed by atoms with Gasteiger partial charge in [-0.1, -0.05) is 6.07 Å². The van der Waals surface area contributed by atoms with Crippen molar-refractivity contribution < 1.29 is 23.4 Å². The van der Waals surface area contributed by atoms with Gasteiger partial charge in [0, 0.05) is 25.7 Å². The molecule has 1 aliphatic rings. The highest BCUT2D eigenvalue weighted by atomic mass is 19.1. The number of halogens is 1. The molecule has 6 nitrogen and oxygen atoms in total. The van der Waals surface area contributed by atoms with Crippen LogP contribution in [0.4, 0.5) is 10.1 Å². The van der Waals surface area contributed by atoms with Gasteiger partial charge in [-0.15, -0.1) is 0 Å². The van der Waals surface area contributed by atoms with E-state index in [1.54, 1.807) is 19.2 Å². The fourth-order valence-corrected chi connectivity index (χ4v) is 3.15. The van der Waals surface area contributed by atoms with Crippen LogP contribution in [0.3, 0.4) is 0 Å².